The molecule has 11 aromatic rings. The number of para-hydroxylation sites is 1. The summed E-state index contributed by atoms with van der Waals surface area (Å²) >= 11 is 0. The van der Waals surface area contributed by atoms with E-state index >= 15 is 0 Å². The van der Waals surface area contributed by atoms with Gasteiger partial charge in [0.25, 0.3) is 0 Å². The van der Waals surface area contributed by atoms with Crippen molar-refractivity contribution in [3.05, 3.63) is 158 Å². The molecule has 0 radical (unpaired) electrons. The van der Waals surface area contributed by atoms with Gasteiger partial charge < -0.3 is 8.83 Å². The van der Waals surface area contributed by atoms with Gasteiger partial charge in [-0.3, -0.25) is 0 Å². The van der Waals surface area contributed by atoms with Crippen LogP contribution >= 0.6 is 0 Å². The van der Waals surface area contributed by atoms with E-state index in [0.717, 1.165) is 55.0 Å². The molecule has 0 aliphatic rings. The van der Waals surface area contributed by atoms with E-state index in [-0.39, 0.29) is 0 Å². The zero-order valence-corrected chi connectivity index (χ0v) is 25.8. The van der Waals surface area contributed by atoms with Crippen molar-refractivity contribution in [1.82, 2.24) is 0 Å². The highest BCUT2D eigenvalue weighted by atomic mass is 16.3. The van der Waals surface area contributed by atoms with Crippen LogP contribution in [-0.4, -0.2) is 0 Å². The minimum Gasteiger partial charge on any atom is -0.456 e. The van der Waals surface area contributed by atoms with E-state index in [4.69, 9.17) is 8.83 Å². The lowest BCUT2D eigenvalue weighted by atomic mass is 9.85. The maximum absolute atomic E-state index is 6.81. The third-order valence-electron chi connectivity index (χ3n) is 10.2. The fourth-order valence-corrected chi connectivity index (χ4v) is 8.19. The highest BCUT2D eigenvalue weighted by molar-refractivity contribution is 6.30. The van der Waals surface area contributed by atoms with Crippen molar-refractivity contribution in [2.24, 2.45) is 0 Å². The third-order valence-corrected chi connectivity index (χ3v) is 10.2. The summed E-state index contributed by atoms with van der Waals surface area (Å²) in [7, 11) is 0. The summed E-state index contributed by atoms with van der Waals surface area (Å²) in [5.41, 5.74) is 8.38. The maximum atomic E-state index is 6.81. The number of hydrogen-bond acceptors (Lipinski definition) is 2. The van der Waals surface area contributed by atoms with Crippen LogP contribution in [0.25, 0.3) is 109 Å². The van der Waals surface area contributed by atoms with E-state index < -0.39 is 0 Å². The zero-order valence-electron chi connectivity index (χ0n) is 25.8. The molecule has 0 aliphatic carbocycles. The molecule has 0 amide bonds. The Bertz CT molecular complexity index is 3060. The Hall–Kier alpha value is -6.38. The first-order chi connectivity index (χ1) is 23.8. The lowest BCUT2D eigenvalue weighted by molar-refractivity contribution is 0.669. The molecule has 0 unspecified atom stereocenters. The molecule has 0 N–H and O–H groups in total. The molecular weight excluding hydrogens is 585 g/mol. The molecule has 2 nitrogen and oxygen atoms in total. The van der Waals surface area contributed by atoms with E-state index in [1.807, 2.05) is 12.1 Å². The lowest BCUT2D eigenvalue weighted by Crippen LogP contribution is -1.90. The predicted molar refractivity (Wildman–Crippen MR) is 202 cm³/mol. The van der Waals surface area contributed by atoms with Crippen LogP contribution in [0.15, 0.2) is 167 Å². The first kappa shape index (κ1) is 25.8. The summed E-state index contributed by atoms with van der Waals surface area (Å²) in [6, 6.07) is 56.5. The first-order valence-electron chi connectivity index (χ1n) is 16.4. The Labute approximate surface area is 275 Å². The first-order valence-corrected chi connectivity index (χ1v) is 16.4. The molecule has 2 heteroatoms. The highest BCUT2D eigenvalue weighted by Crippen LogP contribution is 2.47. The molecule has 0 saturated heterocycles. The van der Waals surface area contributed by atoms with Crippen LogP contribution < -0.4 is 0 Å². The SMILES string of the molecule is c1ccc2c(c1)oc1cc(-c3c4ccccc4c(-c4ccc5c(c4)oc4c6ccccc6c6ccccc6c54)c4ccccc34)ccc12. The Morgan fingerprint density at radius 2 is 0.688 bits per heavy atom. The van der Waals surface area contributed by atoms with Crippen molar-refractivity contribution < 1.29 is 8.83 Å². The minimum absolute atomic E-state index is 0.900. The van der Waals surface area contributed by atoms with E-state index in [1.165, 1.54) is 54.2 Å². The molecule has 0 bridgehead atoms. The summed E-state index contributed by atoms with van der Waals surface area (Å²) < 4.78 is 13.1. The van der Waals surface area contributed by atoms with Crippen LogP contribution in [0.2, 0.25) is 0 Å². The largest absolute Gasteiger partial charge is 0.456 e. The Balaban J connectivity index is 1.20. The fourth-order valence-electron chi connectivity index (χ4n) is 8.19. The Kier molecular flexibility index (Phi) is 5.14. The van der Waals surface area contributed by atoms with Crippen molar-refractivity contribution in [2.75, 3.05) is 0 Å². The topological polar surface area (TPSA) is 26.3 Å². The molecule has 0 saturated carbocycles. The second-order valence-electron chi connectivity index (χ2n) is 12.8. The Morgan fingerprint density at radius 1 is 0.271 bits per heavy atom. The quantitative estimate of drug-likeness (QED) is 0.144. The third kappa shape index (κ3) is 3.46. The van der Waals surface area contributed by atoms with Crippen molar-refractivity contribution in [3.8, 4) is 22.3 Å². The van der Waals surface area contributed by atoms with E-state index in [1.54, 1.807) is 0 Å². The second-order valence-corrected chi connectivity index (χ2v) is 12.8. The van der Waals surface area contributed by atoms with Gasteiger partial charge in [-0.15, -0.1) is 0 Å². The van der Waals surface area contributed by atoms with Crippen LogP contribution in [0.3, 0.4) is 0 Å². The number of fused-ring (bicyclic) bond motifs is 13. The number of hydrogen-bond donors (Lipinski definition) is 0. The number of rotatable bonds is 2. The molecule has 222 valence electrons. The molecule has 48 heavy (non-hydrogen) atoms. The van der Waals surface area contributed by atoms with Gasteiger partial charge in [0.05, 0.1) is 0 Å². The summed E-state index contributed by atoms with van der Waals surface area (Å²) in [6.45, 7) is 0. The minimum atomic E-state index is 0.900. The molecule has 0 atom stereocenters. The van der Waals surface area contributed by atoms with Crippen molar-refractivity contribution in [1.29, 1.82) is 0 Å². The fraction of sp³-hybridized carbons (Fsp3) is 0. The monoisotopic (exact) mass is 610 g/mol. The molecule has 0 fully saturated rings. The number of furan rings is 2. The highest BCUT2D eigenvalue weighted by Gasteiger charge is 2.20. The van der Waals surface area contributed by atoms with Gasteiger partial charge in [0, 0.05) is 26.9 Å². The molecule has 11 rings (SSSR count). The molecule has 0 spiro atoms. The van der Waals surface area contributed by atoms with Crippen LogP contribution in [0, 0.1) is 0 Å². The van der Waals surface area contributed by atoms with Crippen LogP contribution in [0.5, 0.6) is 0 Å². The van der Waals surface area contributed by atoms with Gasteiger partial charge in [0.1, 0.15) is 22.3 Å². The molecule has 9 aromatic carbocycles. The molecule has 2 heterocycles. The molecule has 0 aliphatic heterocycles. The smallest absolute Gasteiger partial charge is 0.143 e. The van der Waals surface area contributed by atoms with Gasteiger partial charge in [0.2, 0.25) is 0 Å². The van der Waals surface area contributed by atoms with Gasteiger partial charge in [0.15, 0.2) is 0 Å². The predicted octanol–water partition coefficient (Wildman–Crippen LogP) is 13.4. The normalized spacial score (nSPS) is 12.2. The van der Waals surface area contributed by atoms with E-state index in [0.29, 0.717) is 0 Å². The summed E-state index contributed by atoms with van der Waals surface area (Å²) in [4.78, 5) is 0. The summed E-state index contributed by atoms with van der Waals surface area (Å²) in [6.07, 6.45) is 0. The van der Waals surface area contributed by atoms with Crippen LogP contribution in [0.4, 0.5) is 0 Å². The van der Waals surface area contributed by atoms with Gasteiger partial charge in [-0.25, -0.2) is 0 Å². The second kappa shape index (κ2) is 9.57. The lowest BCUT2D eigenvalue weighted by Gasteiger charge is -2.17. The zero-order chi connectivity index (χ0) is 31.3. The van der Waals surface area contributed by atoms with E-state index in [2.05, 4.69) is 146 Å². The van der Waals surface area contributed by atoms with Crippen molar-refractivity contribution in [3.63, 3.8) is 0 Å². The van der Waals surface area contributed by atoms with Crippen molar-refractivity contribution in [2.45, 2.75) is 0 Å². The average molecular weight is 611 g/mol. The van der Waals surface area contributed by atoms with Gasteiger partial charge in [-0.1, -0.05) is 127 Å². The van der Waals surface area contributed by atoms with Gasteiger partial charge in [-0.2, -0.15) is 0 Å². The molecule has 2 aromatic heterocycles. The molecular formula is C46H26O2. The number of benzene rings is 9. The van der Waals surface area contributed by atoms with Gasteiger partial charge in [-0.05, 0) is 90.3 Å². The standard InChI is InChI=1S/C46H26O2/c1-3-14-33-29(11-1)30-12-2-8-19-38(30)46-45(33)39-24-22-28(26-42(39)48-46)44-36-17-6-4-15-34(36)43(35-16-5-7-18-37(35)44)27-21-23-32-31-13-9-10-20-40(31)47-41(32)25-27/h1-26H. The van der Waals surface area contributed by atoms with Crippen molar-refractivity contribution >= 4 is 87.0 Å². The van der Waals surface area contributed by atoms with E-state index in [9.17, 15) is 0 Å². The average Bonchev–Trinajstić information content (AvgIpc) is 3.72. The summed E-state index contributed by atoms with van der Waals surface area (Å²) in [5, 5.41) is 14.3. The maximum Gasteiger partial charge on any atom is 0.143 e. The van der Waals surface area contributed by atoms with Crippen LogP contribution in [0.1, 0.15) is 0 Å². The summed E-state index contributed by atoms with van der Waals surface area (Å²) in [5.74, 6) is 0. The van der Waals surface area contributed by atoms with Crippen LogP contribution in [-0.2, 0) is 0 Å². The Morgan fingerprint density at radius 3 is 1.29 bits per heavy atom. The van der Waals surface area contributed by atoms with Gasteiger partial charge >= 0.3 is 0 Å².